The number of nitrogens with two attached hydrogens (primary N) is 1. The van der Waals surface area contributed by atoms with Crippen molar-refractivity contribution < 1.29 is 14.2 Å². The maximum absolute atomic E-state index is 6.11. The van der Waals surface area contributed by atoms with Gasteiger partial charge in [0.05, 0.1) is 19.3 Å². The Kier molecular flexibility index (Phi) is 7.74. The van der Waals surface area contributed by atoms with Crippen LogP contribution in [0.25, 0.3) is 0 Å². The molecule has 1 fully saturated rings. The van der Waals surface area contributed by atoms with E-state index >= 15 is 0 Å². The Balaban J connectivity index is 1.30. The summed E-state index contributed by atoms with van der Waals surface area (Å²) < 4.78 is 17.3. The smallest absolute Gasteiger partial charge is 0.193 e. The van der Waals surface area contributed by atoms with Gasteiger partial charge < -0.3 is 25.3 Å². The van der Waals surface area contributed by atoms with E-state index < -0.39 is 0 Å². The Morgan fingerprint density at radius 2 is 1.66 bits per heavy atom. The molecule has 1 aliphatic rings. The van der Waals surface area contributed by atoms with Crippen LogP contribution in [0.2, 0.25) is 0 Å². The van der Waals surface area contributed by atoms with Crippen molar-refractivity contribution >= 4 is 11.6 Å². The molecule has 1 saturated heterocycles. The topological polar surface area (TPSA) is 78.1 Å². The number of hydrogen-bond donors (Lipinski definition) is 2. The first-order valence-corrected chi connectivity index (χ1v) is 10.9. The quantitative estimate of drug-likeness (QED) is 0.383. The zero-order valence-electron chi connectivity index (χ0n) is 18.1. The second kappa shape index (κ2) is 11.3. The zero-order chi connectivity index (χ0) is 22.0. The third-order valence-corrected chi connectivity index (χ3v) is 5.16. The van der Waals surface area contributed by atoms with Gasteiger partial charge >= 0.3 is 0 Å². The molecule has 0 unspecified atom stereocenters. The van der Waals surface area contributed by atoms with E-state index in [-0.39, 0.29) is 6.10 Å². The molecule has 0 amide bonds. The molecule has 3 aromatic rings. The summed E-state index contributed by atoms with van der Waals surface area (Å²) in [7, 11) is 0. The molecular weight excluding hydrogens is 402 g/mol. The monoisotopic (exact) mass is 431 g/mol. The predicted octanol–water partition coefficient (Wildman–Crippen LogP) is 5.10. The average molecular weight is 432 g/mol. The fourth-order valence-electron chi connectivity index (χ4n) is 3.50. The molecule has 0 bridgehead atoms. The van der Waals surface area contributed by atoms with E-state index in [2.05, 4.69) is 22.4 Å². The lowest BCUT2D eigenvalue weighted by molar-refractivity contribution is -0.0390. The van der Waals surface area contributed by atoms with Crippen LogP contribution in [0.4, 0.5) is 5.69 Å². The van der Waals surface area contributed by atoms with Crippen LogP contribution in [0.15, 0.2) is 83.9 Å². The van der Waals surface area contributed by atoms with E-state index in [1.54, 1.807) is 0 Å². The van der Waals surface area contributed by atoms with Gasteiger partial charge in [0.25, 0.3) is 0 Å². The van der Waals surface area contributed by atoms with Crippen LogP contribution in [0.5, 0.6) is 11.5 Å². The number of para-hydroxylation sites is 1. The number of guanidine groups is 1. The van der Waals surface area contributed by atoms with Crippen LogP contribution >= 0.6 is 0 Å². The SMILES string of the molecule is NC(=NCc1cccc(COC2CCOCC2)c1)Nc1cccc(Oc2ccccc2)c1. The van der Waals surface area contributed by atoms with Crippen LogP contribution in [-0.2, 0) is 22.6 Å². The van der Waals surface area contributed by atoms with E-state index in [0.29, 0.717) is 19.1 Å². The van der Waals surface area contributed by atoms with E-state index in [4.69, 9.17) is 19.9 Å². The molecular formula is C26H29N3O3. The first-order valence-electron chi connectivity index (χ1n) is 10.9. The highest BCUT2D eigenvalue weighted by Gasteiger charge is 2.14. The second-order valence-corrected chi connectivity index (χ2v) is 7.71. The molecule has 0 radical (unpaired) electrons. The summed E-state index contributed by atoms with van der Waals surface area (Å²) >= 11 is 0. The summed E-state index contributed by atoms with van der Waals surface area (Å²) in [4.78, 5) is 4.48. The Morgan fingerprint density at radius 3 is 2.50 bits per heavy atom. The number of nitrogens with zero attached hydrogens (tertiary/aromatic N) is 1. The van der Waals surface area contributed by atoms with Crippen LogP contribution < -0.4 is 15.8 Å². The number of aliphatic imine (C=N–C) groups is 1. The fraction of sp³-hybridized carbons (Fsp3) is 0.269. The summed E-state index contributed by atoms with van der Waals surface area (Å²) in [5, 5.41) is 3.13. The van der Waals surface area contributed by atoms with Crippen LogP contribution in [0.3, 0.4) is 0 Å². The van der Waals surface area contributed by atoms with Crippen LogP contribution in [0, 0.1) is 0 Å². The number of benzene rings is 3. The molecule has 0 saturated carbocycles. The Morgan fingerprint density at radius 1 is 0.906 bits per heavy atom. The maximum atomic E-state index is 6.11. The van der Waals surface area contributed by atoms with Gasteiger partial charge in [-0.1, -0.05) is 48.5 Å². The van der Waals surface area contributed by atoms with Gasteiger partial charge in [0.1, 0.15) is 11.5 Å². The van der Waals surface area contributed by atoms with Crippen LogP contribution in [-0.4, -0.2) is 25.3 Å². The summed E-state index contributed by atoms with van der Waals surface area (Å²) in [6, 6.07) is 25.6. The van der Waals surface area contributed by atoms with Crippen molar-refractivity contribution in [1.29, 1.82) is 0 Å². The molecule has 6 nitrogen and oxygen atoms in total. The lowest BCUT2D eigenvalue weighted by atomic mass is 10.1. The molecule has 4 rings (SSSR count). The minimum Gasteiger partial charge on any atom is -0.457 e. The number of nitrogens with one attached hydrogen (secondary N) is 1. The standard InChI is InChI=1S/C26H29N3O3/c27-26(29-22-8-5-11-25(17-22)32-24-9-2-1-3-10-24)28-18-20-6-4-7-21(16-20)19-31-23-12-14-30-15-13-23/h1-11,16-17,23H,12-15,18-19H2,(H3,27,28,29). The van der Waals surface area contributed by atoms with Gasteiger partial charge in [0.15, 0.2) is 5.96 Å². The second-order valence-electron chi connectivity index (χ2n) is 7.71. The number of anilines is 1. The zero-order valence-corrected chi connectivity index (χ0v) is 18.1. The fourth-order valence-corrected chi connectivity index (χ4v) is 3.50. The van der Waals surface area contributed by atoms with Crippen LogP contribution in [0.1, 0.15) is 24.0 Å². The minimum atomic E-state index is 0.284. The molecule has 1 aliphatic heterocycles. The molecule has 1 heterocycles. The first kappa shape index (κ1) is 21.9. The van der Waals surface area contributed by atoms with Gasteiger partial charge in [-0.25, -0.2) is 4.99 Å². The Bertz CT molecular complexity index is 1020. The first-order chi connectivity index (χ1) is 15.7. The highest BCUT2D eigenvalue weighted by molar-refractivity contribution is 5.92. The molecule has 0 aromatic heterocycles. The maximum Gasteiger partial charge on any atom is 0.193 e. The lowest BCUT2D eigenvalue weighted by Gasteiger charge is -2.22. The number of rotatable bonds is 8. The largest absolute Gasteiger partial charge is 0.457 e. The summed E-state index contributed by atoms with van der Waals surface area (Å²) in [6.45, 7) is 2.66. The van der Waals surface area contributed by atoms with Gasteiger partial charge in [-0.2, -0.15) is 0 Å². The lowest BCUT2D eigenvalue weighted by Crippen LogP contribution is -2.23. The third kappa shape index (κ3) is 6.83. The highest BCUT2D eigenvalue weighted by atomic mass is 16.5. The minimum absolute atomic E-state index is 0.284. The highest BCUT2D eigenvalue weighted by Crippen LogP contribution is 2.23. The molecule has 0 spiro atoms. The van der Waals surface area contributed by atoms with Gasteiger partial charge in [-0.3, -0.25) is 0 Å². The molecule has 3 N–H and O–H groups in total. The summed E-state index contributed by atoms with van der Waals surface area (Å²) in [6.07, 6.45) is 2.21. The van der Waals surface area contributed by atoms with Gasteiger partial charge in [0, 0.05) is 25.0 Å². The van der Waals surface area contributed by atoms with E-state index in [1.165, 1.54) is 0 Å². The van der Waals surface area contributed by atoms with Gasteiger partial charge in [-0.15, -0.1) is 0 Å². The van der Waals surface area contributed by atoms with E-state index in [9.17, 15) is 0 Å². The molecule has 6 heteroatoms. The molecule has 166 valence electrons. The molecule has 32 heavy (non-hydrogen) atoms. The normalized spacial score (nSPS) is 14.8. The Hall–Kier alpha value is -3.35. The van der Waals surface area contributed by atoms with Crippen molar-refractivity contribution in [2.75, 3.05) is 18.5 Å². The van der Waals surface area contributed by atoms with Crippen molar-refractivity contribution in [3.8, 4) is 11.5 Å². The summed E-state index contributed by atoms with van der Waals surface area (Å²) in [5.41, 5.74) is 9.16. The third-order valence-electron chi connectivity index (χ3n) is 5.16. The van der Waals surface area contributed by atoms with E-state index in [1.807, 2.05) is 66.7 Å². The predicted molar refractivity (Wildman–Crippen MR) is 127 cm³/mol. The summed E-state index contributed by atoms with van der Waals surface area (Å²) in [5.74, 6) is 1.86. The average Bonchev–Trinajstić information content (AvgIpc) is 2.83. The van der Waals surface area contributed by atoms with Crippen molar-refractivity contribution in [3.05, 3.63) is 90.0 Å². The van der Waals surface area contributed by atoms with Gasteiger partial charge in [-0.05, 0) is 48.2 Å². The van der Waals surface area contributed by atoms with Crippen molar-refractivity contribution in [2.24, 2.45) is 10.7 Å². The molecule has 0 atom stereocenters. The van der Waals surface area contributed by atoms with Crippen molar-refractivity contribution in [3.63, 3.8) is 0 Å². The number of hydrogen-bond acceptors (Lipinski definition) is 4. The Labute approximate surface area is 189 Å². The molecule has 3 aromatic carbocycles. The van der Waals surface area contributed by atoms with Crippen molar-refractivity contribution in [2.45, 2.75) is 32.1 Å². The molecule has 0 aliphatic carbocycles. The van der Waals surface area contributed by atoms with Gasteiger partial charge in [0.2, 0.25) is 0 Å². The van der Waals surface area contributed by atoms with E-state index in [0.717, 1.165) is 54.4 Å². The number of ether oxygens (including phenoxy) is 3. The van der Waals surface area contributed by atoms with Crippen molar-refractivity contribution in [1.82, 2.24) is 0 Å².